The van der Waals surface area contributed by atoms with Gasteiger partial charge in [0.15, 0.2) is 5.13 Å². The van der Waals surface area contributed by atoms with E-state index in [1.54, 1.807) is 11.3 Å². The normalized spacial score (nSPS) is 27.8. The van der Waals surface area contributed by atoms with Gasteiger partial charge in [-0.15, -0.1) is 11.3 Å². The van der Waals surface area contributed by atoms with Crippen molar-refractivity contribution in [1.82, 2.24) is 15.2 Å². The van der Waals surface area contributed by atoms with Crippen LogP contribution in [0.4, 0.5) is 9.93 Å². The van der Waals surface area contributed by atoms with Crippen LogP contribution in [0.25, 0.3) is 0 Å². The molecule has 2 fully saturated rings. The molecule has 4 rings (SSSR count). The summed E-state index contributed by atoms with van der Waals surface area (Å²) in [6, 6.07) is 0.919. The molecule has 1 aromatic rings. The maximum absolute atomic E-state index is 12.3. The Kier molecular flexibility index (Phi) is 4.53. The molecule has 2 atom stereocenters. The average Bonchev–Trinajstić information content (AvgIpc) is 3.08. The van der Waals surface area contributed by atoms with Crippen LogP contribution >= 0.6 is 11.3 Å². The van der Waals surface area contributed by atoms with Crippen molar-refractivity contribution in [3.8, 4) is 0 Å². The van der Waals surface area contributed by atoms with Gasteiger partial charge in [-0.05, 0) is 57.9 Å². The molecule has 5 nitrogen and oxygen atoms in total. The lowest BCUT2D eigenvalue weighted by atomic mass is 9.98. The Bertz CT molecular complexity index is 549. The Balaban J connectivity index is 1.31. The highest BCUT2D eigenvalue weighted by molar-refractivity contribution is 7.15. The summed E-state index contributed by atoms with van der Waals surface area (Å²) in [6.45, 7) is 2.37. The Morgan fingerprint density at radius 1 is 1.13 bits per heavy atom. The Hall–Kier alpha value is -1.14. The van der Waals surface area contributed by atoms with Crippen LogP contribution in [0, 0.1) is 0 Å². The highest BCUT2D eigenvalue weighted by Gasteiger charge is 2.32. The molecule has 3 aliphatic rings. The first-order chi connectivity index (χ1) is 11.3. The fourth-order valence-electron chi connectivity index (χ4n) is 4.26. The van der Waals surface area contributed by atoms with Crippen molar-refractivity contribution in [3.05, 3.63) is 10.6 Å². The van der Waals surface area contributed by atoms with Crippen LogP contribution in [-0.2, 0) is 12.8 Å². The highest BCUT2D eigenvalue weighted by Crippen LogP contribution is 2.29. The zero-order valence-corrected chi connectivity index (χ0v) is 14.5. The van der Waals surface area contributed by atoms with E-state index in [0.29, 0.717) is 12.1 Å². The predicted molar refractivity (Wildman–Crippen MR) is 93.1 cm³/mol. The molecule has 0 radical (unpaired) electrons. The molecule has 2 amide bonds. The van der Waals surface area contributed by atoms with Gasteiger partial charge in [0.2, 0.25) is 0 Å². The van der Waals surface area contributed by atoms with Gasteiger partial charge in [0.05, 0.1) is 5.69 Å². The number of thiazole rings is 1. The first kappa shape index (κ1) is 15.4. The van der Waals surface area contributed by atoms with Crippen LogP contribution in [-0.4, -0.2) is 41.1 Å². The number of fused-ring (bicyclic) bond motifs is 2. The summed E-state index contributed by atoms with van der Waals surface area (Å²) < 4.78 is 0. The van der Waals surface area contributed by atoms with Crippen molar-refractivity contribution in [2.24, 2.45) is 0 Å². The number of nitrogens with one attached hydrogen (secondary N) is 2. The molecular formula is C17H26N4OS. The molecule has 2 aliphatic heterocycles. The summed E-state index contributed by atoms with van der Waals surface area (Å²) in [6.07, 6.45) is 10.7. The number of rotatable bonds is 2. The molecule has 0 saturated carbocycles. The minimum Gasteiger partial charge on any atom is -0.335 e. The van der Waals surface area contributed by atoms with E-state index >= 15 is 0 Å². The summed E-state index contributed by atoms with van der Waals surface area (Å²) in [4.78, 5) is 20.9. The molecule has 6 heteroatoms. The molecule has 1 aromatic heterocycles. The van der Waals surface area contributed by atoms with Crippen molar-refractivity contribution in [2.45, 2.75) is 69.9 Å². The lowest BCUT2D eigenvalue weighted by Crippen LogP contribution is -2.48. The molecule has 0 spiro atoms. The smallest absolute Gasteiger partial charge is 0.321 e. The average molecular weight is 334 g/mol. The quantitative estimate of drug-likeness (QED) is 0.817. The van der Waals surface area contributed by atoms with Crippen LogP contribution in [0.15, 0.2) is 0 Å². The van der Waals surface area contributed by atoms with Crippen molar-refractivity contribution in [1.29, 1.82) is 0 Å². The first-order valence-corrected chi connectivity index (χ1v) is 9.90. The van der Waals surface area contributed by atoms with Gasteiger partial charge in [-0.2, -0.15) is 0 Å². The number of piperidine rings is 1. The molecule has 0 aromatic carbocycles. The maximum atomic E-state index is 12.3. The van der Waals surface area contributed by atoms with E-state index in [1.807, 2.05) is 0 Å². The Labute approximate surface area is 141 Å². The minimum atomic E-state index is -0.0784. The second-order valence-corrected chi connectivity index (χ2v) is 8.18. The second-order valence-electron chi connectivity index (χ2n) is 7.10. The third-order valence-electron chi connectivity index (χ3n) is 5.47. The van der Waals surface area contributed by atoms with Gasteiger partial charge in [-0.1, -0.05) is 6.42 Å². The van der Waals surface area contributed by atoms with Crippen LogP contribution in [0.3, 0.4) is 0 Å². The number of hydrogen-bond donors (Lipinski definition) is 2. The summed E-state index contributed by atoms with van der Waals surface area (Å²) in [5.41, 5.74) is 1.21. The maximum Gasteiger partial charge on any atom is 0.321 e. The van der Waals surface area contributed by atoms with Gasteiger partial charge in [0.1, 0.15) is 0 Å². The number of carbonyl (C=O) groups excluding carboxylic acids is 1. The van der Waals surface area contributed by atoms with E-state index in [4.69, 9.17) is 0 Å². The number of anilines is 1. The third kappa shape index (κ3) is 3.53. The number of amides is 2. The number of aromatic nitrogens is 1. The first-order valence-electron chi connectivity index (χ1n) is 9.08. The zero-order chi connectivity index (χ0) is 15.6. The number of carbonyl (C=O) groups is 1. The highest BCUT2D eigenvalue weighted by atomic mass is 32.1. The van der Waals surface area contributed by atoms with E-state index < -0.39 is 0 Å². The van der Waals surface area contributed by atoms with Gasteiger partial charge < -0.3 is 10.2 Å². The molecule has 126 valence electrons. The molecule has 0 unspecified atom stereocenters. The number of aryl methyl sites for hydroxylation is 2. The molecule has 3 heterocycles. The van der Waals surface area contributed by atoms with Crippen LogP contribution < -0.4 is 10.6 Å². The van der Waals surface area contributed by atoms with E-state index in [1.165, 1.54) is 49.2 Å². The number of urea groups is 1. The topological polar surface area (TPSA) is 57.3 Å². The monoisotopic (exact) mass is 334 g/mol. The zero-order valence-electron chi connectivity index (χ0n) is 13.6. The van der Waals surface area contributed by atoms with E-state index in [0.717, 1.165) is 37.4 Å². The third-order valence-corrected chi connectivity index (χ3v) is 6.54. The molecule has 23 heavy (non-hydrogen) atoms. The van der Waals surface area contributed by atoms with E-state index in [-0.39, 0.29) is 6.03 Å². The molecule has 2 N–H and O–H groups in total. The minimum absolute atomic E-state index is 0.0784. The van der Waals surface area contributed by atoms with Crippen LogP contribution in [0.5, 0.6) is 0 Å². The lowest BCUT2D eigenvalue weighted by Gasteiger charge is -2.35. The SMILES string of the molecule is O=C(Nc1nc2c(s1)CCCCC2)N[C@H]1CCN2CCC[C@@H]2C1. The standard InChI is InChI=1S/C17H26N4OS/c22-16(18-12-8-10-21-9-4-5-13(21)11-12)20-17-19-14-6-2-1-3-7-15(14)23-17/h12-13H,1-11H2,(H2,18,19,20,22)/t12-,13+/m0/s1. The van der Waals surface area contributed by atoms with Gasteiger partial charge in [-0.25, -0.2) is 9.78 Å². The van der Waals surface area contributed by atoms with Crippen molar-refractivity contribution < 1.29 is 4.79 Å². The van der Waals surface area contributed by atoms with E-state index in [9.17, 15) is 4.79 Å². The van der Waals surface area contributed by atoms with Gasteiger partial charge in [0, 0.05) is 23.5 Å². The Morgan fingerprint density at radius 3 is 3.00 bits per heavy atom. The Morgan fingerprint density at radius 2 is 2.04 bits per heavy atom. The van der Waals surface area contributed by atoms with Crippen molar-refractivity contribution in [2.75, 3.05) is 18.4 Å². The van der Waals surface area contributed by atoms with Gasteiger partial charge in [-0.3, -0.25) is 5.32 Å². The predicted octanol–water partition coefficient (Wildman–Crippen LogP) is 3.16. The summed E-state index contributed by atoms with van der Waals surface area (Å²) in [5, 5.41) is 6.90. The fourth-order valence-corrected chi connectivity index (χ4v) is 5.30. The second kappa shape index (κ2) is 6.77. The molecule has 2 saturated heterocycles. The number of hydrogen-bond acceptors (Lipinski definition) is 4. The molecule has 0 bridgehead atoms. The fraction of sp³-hybridized carbons (Fsp3) is 0.765. The molecular weight excluding hydrogens is 308 g/mol. The van der Waals surface area contributed by atoms with Crippen molar-refractivity contribution >= 4 is 22.5 Å². The van der Waals surface area contributed by atoms with Gasteiger partial charge >= 0.3 is 6.03 Å². The van der Waals surface area contributed by atoms with Crippen LogP contribution in [0.1, 0.15) is 55.5 Å². The van der Waals surface area contributed by atoms with Crippen LogP contribution in [0.2, 0.25) is 0 Å². The van der Waals surface area contributed by atoms with Crippen molar-refractivity contribution in [3.63, 3.8) is 0 Å². The largest absolute Gasteiger partial charge is 0.335 e. The summed E-state index contributed by atoms with van der Waals surface area (Å²) in [5.74, 6) is 0. The lowest BCUT2D eigenvalue weighted by molar-refractivity contribution is 0.168. The number of nitrogens with zero attached hydrogens (tertiary/aromatic N) is 2. The summed E-state index contributed by atoms with van der Waals surface area (Å²) >= 11 is 1.66. The van der Waals surface area contributed by atoms with Gasteiger partial charge in [0.25, 0.3) is 0 Å². The summed E-state index contributed by atoms with van der Waals surface area (Å²) in [7, 11) is 0. The van der Waals surface area contributed by atoms with E-state index in [2.05, 4.69) is 20.5 Å². The molecule has 1 aliphatic carbocycles.